The van der Waals surface area contributed by atoms with E-state index in [1.807, 2.05) is 0 Å². The summed E-state index contributed by atoms with van der Waals surface area (Å²) in [7, 11) is 3.47. The molecular formula is C71H136N4O8S2. The fourth-order valence-electron chi connectivity index (χ4n) is 11.6. The smallest absolute Gasteiger partial charge is 0.305 e. The van der Waals surface area contributed by atoms with Crippen molar-refractivity contribution in [3.63, 3.8) is 0 Å². The summed E-state index contributed by atoms with van der Waals surface area (Å²) in [6.45, 7) is 22.4. The van der Waals surface area contributed by atoms with E-state index in [9.17, 15) is 19.2 Å². The summed E-state index contributed by atoms with van der Waals surface area (Å²) in [4.78, 5) is 54.2. The highest BCUT2D eigenvalue weighted by Crippen LogP contribution is 2.26. The van der Waals surface area contributed by atoms with Crippen LogP contribution in [0.4, 0.5) is 0 Å². The summed E-state index contributed by atoms with van der Waals surface area (Å²) in [5, 5.41) is 9.26. The van der Waals surface area contributed by atoms with Gasteiger partial charge < -0.3 is 39.8 Å². The van der Waals surface area contributed by atoms with Gasteiger partial charge in [-0.3, -0.25) is 19.2 Å². The Morgan fingerprint density at radius 1 is 0.482 bits per heavy atom. The van der Waals surface area contributed by atoms with Crippen LogP contribution in [0.25, 0.3) is 0 Å². The largest absolute Gasteiger partial charge is 0.498 e. The van der Waals surface area contributed by atoms with E-state index in [0.717, 1.165) is 127 Å². The average molecular weight is 1240 g/mol. The molecule has 0 aromatic heterocycles. The highest BCUT2D eigenvalue weighted by Gasteiger charge is 2.24. The molecule has 0 bridgehead atoms. The zero-order valence-electron chi connectivity index (χ0n) is 56.1. The first-order valence-corrected chi connectivity index (χ1v) is 38.6. The van der Waals surface area contributed by atoms with Gasteiger partial charge in [0.25, 0.3) is 0 Å². The third-order valence-corrected chi connectivity index (χ3v) is 19.5. The van der Waals surface area contributed by atoms with Crippen molar-refractivity contribution in [3.8, 4) is 0 Å². The van der Waals surface area contributed by atoms with Gasteiger partial charge in [-0.05, 0) is 95.6 Å². The quantitative estimate of drug-likeness (QED) is 0.0232. The maximum Gasteiger partial charge on any atom is 0.305 e. The summed E-state index contributed by atoms with van der Waals surface area (Å²) >= 11 is 0. The van der Waals surface area contributed by atoms with Gasteiger partial charge in [-0.25, -0.2) is 0 Å². The Balaban J connectivity index is 2.68. The highest BCUT2D eigenvalue weighted by molar-refractivity contribution is 8.76. The monoisotopic (exact) mass is 1240 g/mol. The molecule has 3 amide bonds. The van der Waals surface area contributed by atoms with Gasteiger partial charge in [0.1, 0.15) is 0 Å². The van der Waals surface area contributed by atoms with E-state index < -0.39 is 0 Å². The average Bonchev–Trinajstić information content (AvgIpc) is 3.63. The number of ether oxygens (including phenoxy) is 4. The normalized spacial score (nSPS) is 13.8. The zero-order valence-corrected chi connectivity index (χ0v) is 57.8. The topological polar surface area (TPSA) is 145 Å². The van der Waals surface area contributed by atoms with Gasteiger partial charge in [-0.1, -0.05) is 243 Å². The summed E-state index contributed by atoms with van der Waals surface area (Å²) in [5.74, 6) is 4.15. The van der Waals surface area contributed by atoms with Crippen LogP contribution >= 0.6 is 21.6 Å². The minimum absolute atomic E-state index is 0.0184. The Hall–Kier alpha value is -2.00. The van der Waals surface area contributed by atoms with Crippen LogP contribution < -0.4 is 16.0 Å². The van der Waals surface area contributed by atoms with Gasteiger partial charge in [0, 0.05) is 68.8 Å². The van der Waals surface area contributed by atoms with Gasteiger partial charge in [0.05, 0.1) is 45.4 Å². The summed E-state index contributed by atoms with van der Waals surface area (Å²) in [6.07, 6.45) is 48.8. The van der Waals surface area contributed by atoms with Crippen molar-refractivity contribution >= 4 is 45.3 Å². The molecule has 1 aliphatic heterocycles. The Labute approximate surface area is 532 Å². The van der Waals surface area contributed by atoms with E-state index in [-0.39, 0.29) is 29.7 Å². The van der Waals surface area contributed by atoms with Crippen LogP contribution in [0.2, 0.25) is 0 Å². The molecule has 3 unspecified atom stereocenters. The highest BCUT2D eigenvalue weighted by atomic mass is 33.1. The first-order chi connectivity index (χ1) is 41.7. The molecule has 1 aliphatic rings. The second-order valence-corrected chi connectivity index (χ2v) is 27.7. The SMILES string of the molecule is C=C(CCCCCCCCC(CCCCCCCCC(=O)OCC(CCCC)CCCCCC)N(CCCCCCCCC)C(=O)CCSSCCNC(=O)CCOCCOCCNC(=O)C1CCNCC1)OCC(CCCC)CCCCCC. The van der Waals surface area contributed by atoms with Crippen molar-refractivity contribution in [3.05, 3.63) is 12.3 Å². The molecule has 12 nitrogen and oxygen atoms in total. The predicted octanol–water partition coefficient (Wildman–Crippen LogP) is 18.2. The molecule has 3 N–H and O–H groups in total. The van der Waals surface area contributed by atoms with E-state index in [2.05, 4.69) is 62.0 Å². The molecule has 1 fully saturated rings. The molecule has 0 aliphatic carbocycles. The summed E-state index contributed by atoms with van der Waals surface area (Å²) < 4.78 is 23.3. The summed E-state index contributed by atoms with van der Waals surface area (Å²) in [6, 6.07) is 0.274. The lowest BCUT2D eigenvalue weighted by Crippen LogP contribution is -2.41. The number of nitrogens with one attached hydrogen (secondary N) is 3. The number of rotatable bonds is 65. The Morgan fingerprint density at radius 3 is 1.54 bits per heavy atom. The molecule has 85 heavy (non-hydrogen) atoms. The van der Waals surface area contributed by atoms with E-state index in [1.54, 1.807) is 21.6 Å². The van der Waals surface area contributed by atoms with Crippen LogP contribution in [-0.2, 0) is 38.1 Å². The third-order valence-electron chi connectivity index (χ3n) is 17.1. The molecule has 0 radical (unpaired) electrons. The first-order valence-electron chi connectivity index (χ1n) is 36.1. The minimum atomic E-state index is -0.0255. The molecule has 1 saturated heterocycles. The van der Waals surface area contributed by atoms with E-state index in [1.165, 1.54) is 173 Å². The number of carbonyl (C=O) groups excluding carboxylic acids is 4. The van der Waals surface area contributed by atoms with Crippen LogP contribution in [0.1, 0.15) is 311 Å². The van der Waals surface area contributed by atoms with Crippen molar-refractivity contribution in [1.82, 2.24) is 20.9 Å². The Bertz CT molecular complexity index is 1480. The van der Waals surface area contributed by atoms with Crippen LogP contribution in [0.3, 0.4) is 0 Å². The molecule has 3 atom stereocenters. The second-order valence-electron chi connectivity index (χ2n) is 25.0. The fourth-order valence-corrected chi connectivity index (χ4v) is 13.4. The summed E-state index contributed by atoms with van der Waals surface area (Å²) in [5.41, 5.74) is 0. The molecule has 1 rings (SSSR count). The van der Waals surface area contributed by atoms with Crippen molar-refractivity contribution < 1.29 is 38.1 Å². The Kier molecular flexibility index (Phi) is 59.3. The standard InChI is InChI=1S/C71H136N4O8S2/c1-7-12-17-20-25-30-37-54-75(69(77)49-59-84-85-60-53-73-68(76)48-55-80-57-58-81-56-52-74-71(79)66-46-50-72-51-47-66)67(43-34-27-22-21-26-31-38-63(6)82-61-64(39-15-10-4)41-32-18-13-8-2)44-35-28-23-24-29-36-45-70(78)83-62-65(40-16-11-5)42-33-19-14-9-3/h64-67,72H,6-62H2,1-5H3,(H,73,76)(H,74,79). The number of piperidine rings is 1. The molecule has 0 saturated carbocycles. The lowest BCUT2D eigenvalue weighted by Gasteiger charge is -2.33. The predicted molar refractivity (Wildman–Crippen MR) is 364 cm³/mol. The number of unbranched alkanes of at least 4 members (excludes halogenated alkanes) is 24. The molecule has 0 spiro atoms. The lowest BCUT2D eigenvalue weighted by atomic mass is 9.96. The van der Waals surface area contributed by atoms with E-state index >= 15 is 0 Å². The minimum Gasteiger partial charge on any atom is -0.498 e. The maximum atomic E-state index is 14.3. The van der Waals surface area contributed by atoms with Gasteiger partial charge in [-0.2, -0.15) is 0 Å². The number of esters is 1. The number of nitrogens with zero attached hydrogens (tertiary/aromatic N) is 1. The van der Waals surface area contributed by atoms with Crippen molar-refractivity contribution in [1.29, 1.82) is 0 Å². The zero-order chi connectivity index (χ0) is 61.7. The van der Waals surface area contributed by atoms with Crippen LogP contribution in [-0.4, -0.2) is 119 Å². The van der Waals surface area contributed by atoms with E-state index in [4.69, 9.17) is 18.9 Å². The second kappa shape index (κ2) is 62.2. The Morgan fingerprint density at radius 2 is 0.953 bits per heavy atom. The number of carbonyl (C=O) groups is 4. The van der Waals surface area contributed by atoms with Gasteiger partial charge in [-0.15, -0.1) is 0 Å². The third kappa shape index (κ3) is 51.4. The van der Waals surface area contributed by atoms with Crippen LogP contribution in [0.5, 0.6) is 0 Å². The molecule has 0 aromatic carbocycles. The maximum absolute atomic E-state index is 14.3. The number of hydrogen-bond acceptors (Lipinski definition) is 11. The van der Waals surface area contributed by atoms with Crippen molar-refractivity contribution in [2.45, 2.75) is 317 Å². The molecule has 0 aromatic rings. The first kappa shape index (κ1) is 81.0. The molecular weight excluding hydrogens is 1100 g/mol. The fraction of sp³-hybridized carbons (Fsp3) is 0.915. The molecule has 1 heterocycles. The van der Waals surface area contributed by atoms with Crippen LogP contribution in [0, 0.1) is 17.8 Å². The lowest BCUT2D eigenvalue weighted by molar-refractivity contribution is -0.145. The molecule has 14 heteroatoms. The number of allylic oxidation sites excluding steroid dienone is 1. The molecule has 500 valence electrons. The van der Waals surface area contributed by atoms with Gasteiger partial charge in [0.2, 0.25) is 17.7 Å². The number of hydrogen-bond donors (Lipinski definition) is 3. The van der Waals surface area contributed by atoms with Crippen molar-refractivity contribution in [2.75, 3.05) is 83.9 Å². The van der Waals surface area contributed by atoms with E-state index in [0.29, 0.717) is 83.1 Å². The van der Waals surface area contributed by atoms with Gasteiger partial charge in [0.15, 0.2) is 0 Å². The van der Waals surface area contributed by atoms with Crippen molar-refractivity contribution in [2.24, 2.45) is 17.8 Å². The van der Waals surface area contributed by atoms with Crippen LogP contribution in [0.15, 0.2) is 12.3 Å². The number of amides is 3. The van der Waals surface area contributed by atoms with Gasteiger partial charge >= 0.3 is 5.97 Å².